The normalized spacial score (nSPS) is 21.6. The molecular formula is C22H23F3N6. The van der Waals surface area contributed by atoms with Crippen LogP contribution in [0.25, 0.3) is 10.8 Å². The standard InChI is InChI=1S/C22H23F3N6/c1-12-15(3-2-4-17(12)22(23,24)25)20(26)29-21-16-9-14(6-5-13(16)10-28-30-21)31-11-18-19(31)7-8-27-18/h2-6,9-10,18-20,27H,7-8,11,26H2,1H3,(H,29,30)/t18-,19-,20+/m1/s1. The second-order valence-corrected chi connectivity index (χ2v) is 8.17. The van der Waals surface area contributed by atoms with Gasteiger partial charge < -0.3 is 21.3 Å². The lowest BCUT2D eigenvalue weighted by Gasteiger charge is -2.46. The molecule has 3 aromatic rings. The molecule has 2 aliphatic heterocycles. The number of rotatable bonds is 4. The van der Waals surface area contributed by atoms with Crippen LogP contribution in [-0.2, 0) is 6.18 Å². The fraction of sp³-hybridized carbons (Fsp3) is 0.364. The minimum Gasteiger partial charge on any atom is -0.365 e. The first-order valence-electron chi connectivity index (χ1n) is 10.3. The van der Waals surface area contributed by atoms with Crippen molar-refractivity contribution in [2.45, 2.75) is 37.8 Å². The molecule has 162 valence electrons. The number of alkyl halides is 3. The second-order valence-electron chi connectivity index (χ2n) is 8.17. The van der Waals surface area contributed by atoms with Crippen LogP contribution in [0.4, 0.5) is 24.7 Å². The van der Waals surface area contributed by atoms with Crippen molar-refractivity contribution in [2.24, 2.45) is 5.73 Å². The summed E-state index contributed by atoms with van der Waals surface area (Å²) in [6.07, 6.45) is -2.51. The van der Waals surface area contributed by atoms with Gasteiger partial charge in [0.05, 0.1) is 11.8 Å². The first-order chi connectivity index (χ1) is 14.8. The van der Waals surface area contributed by atoms with Gasteiger partial charge in [0.25, 0.3) is 0 Å². The SMILES string of the molecule is Cc1c([C@@H](N)Nc2nncc3ccc(N4C[C@H]5NCC[C@H]54)cc23)cccc1C(F)(F)F. The van der Waals surface area contributed by atoms with Crippen molar-refractivity contribution in [3.05, 3.63) is 59.3 Å². The van der Waals surface area contributed by atoms with Gasteiger partial charge in [0.15, 0.2) is 5.82 Å². The van der Waals surface area contributed by atoms with Crippen LogP contribution in [0.3, 0.4) is 0 Å². The lowest BCUT2D eigenvalue weighted by Crippen LogP contribution is -2.61. The molecule has 0 spiro atoms. The van der Waals surface area contributed by atoms with Gasteiger partial charge in [0, 0.05) is 35.1 Å². The Morgan fingerprint density at radius 1 is 1.26 bits per heavy atom. The second kappa shape index (κ2) is 7.35. The zero-order chi connectivity index (χ0) is 21.8. The monoisotopic (exact) mass is 428 g/mol. The third kappa shape index (κ3) is 3.47. The van der Waals surface area contributed by atoms with Crippen molar-refractivity contribution >= 4 is 22.3 Å². The van der Waals surface area contributed by atoms with E-state index in [0.717, 1.165) is 42.0 Å². The number of aromatic nitrogens is 2. The van der Waals surface area contributed by atoms with Crippen LogP contribution in [-0.4, -0.2) is 35.4 Å². The smallest absolute Gasteiger partial charge is 0.365 e. The first kappa shape index (κ1) is 20.0. The Kier molecular flexibility index (Phi) is 4.75. The first-order valence-corrected chi connectivity index (χ1v) is 10.3. The van der Waals surface area contributed by atoms with Crippen molar-refractivity contribution in [3.8, 4) is 0 Å². The molecule has 0 unspecified atom stereocenters. The minimum absolute atomic E-state index is 0.101. The fourth-order valence-electron chi connectivity index (χ4n) is 4.69. The molecule has 1 aromatic heterocycles. The summed E-state index contributed by atoms with van der Waals surface area (Å²) in [7, 11) is 0. The van der Waals surface area contributed by atoms with E-state index in [2.05, 4.69) is 31.8 Å². The Bertz CT molecular complexity index is 1130. The molecule has 0 aliphatic carbocycles. The maximum atomic E-state index is 13.3. The Morgan fingerprint density at radius 3 is 2.87 bits per heavy atom. The molecule has 31 heavy (non-hydrogen) atoms. The molecule has 4 N–H and O–H groups in total. The van der Waals surface area contributed by atoms with Crippen LogP contribution < -0.4 is 21.3 Å². The quantitative estimate of drug-likeness (QED) is 0.552. The summed E-state index contributed by atoms with van der Waals surface area (Å²) >= 11 is 0. The maximum absolute atomic E-state index is 13.3. The van der Waals surface area contributed by atoms with Crippen LogP contribution in [0.1, 0.15) is 29.3 Å². The Morgan fingerprint density at radius 2 is 2.10 bits per heavy atom. The van der Waals surface area contributed by atoms with E-state index < -0.39 is 17.9 Å². The van der Waals surface area contributed by atoms with E-state index in [1.165, 1.54) is 13.0 Å². The molecule has 0 saturated carbocycles. The minimum atomic E-state index is -4.43. The zero-order valence-electron chi connectivity index (χ0n) is 16.9. The summed E-state index contributed by atoms with van der Waals surface area (Å²) in [5, 5.41) is 16.5. The highest BCUT2D eigenvalue weighted by Crippen LogP contribution is 2.36. The summed E-state index contributed by atoms with van der Waals surface area (Å²) in [5.74, 6) is 0.449. The van der Waals surface area contributed by atoms with Crippen molar-refractivity contribution in [3.63, 3.8) is 0 Å². The summed E-state index contributed by atoms with van der Waals surface area (Å²) < 4.78 is 39.9. The lowest BCUT2D eigenvalue weighted by atomic mass is 9.96. The van der Waals surface area contributed by atoms with Gasteiger partial charge in [-0.1, -0.05) is 18.2 Å². The molecule has 2 fully saturated rings. The van der Waals surface area contributed by atoms with Crippen LogP contribution in [0.2, 0.25) is 0 Å². The predicted octanol–water partition coefficient (Wildman–Crippen LogP) is 3.58. The average molecular weight is 428 g/mol. The summed E-state index contributed by atoms with van der Waals surface area (Å²) in [6.45, 7) is 3.42. The van der Waals surface area contributed by atoms with Crippen LogP contribution in [0, 0.1) is 6.92 Å². The van der Waals surface area contributed by atoms with Crippen molar-refractivity contribution in [2.75, 3.05) is 23.3 Å². The van der Waals surface area contributed by atoms with E-state index in [0.29, 0.717) is 23.5 Å². The molecule has 9 heteroatoms. The van der Waals surface area contributed by atoms with Gasteiger partial charge >= 0.3 is 6.18 Å². The van der Waals surface area contributed by atoms with Crippen LogP contribution in [0.5, 0.6) is 0 Å². The van der Waals surface area contributed by atoms with E-state index in [-0.39, 0.29) is 5.56 Å². The fourth-order valence-corrected chi connectivity index (χ4v) is 4.69. The number of benzene rings is 2. The Hall–Kier alpha value is -2.91. The molecule has 2 aliphatic rings. The van der Waals surface area contributed by atoms with Crippen molar-refractivity contribution in [1.82, 2.24) is 15.5 Å². The van der Waals surface area contributed by atoms with Gasteiger partial charge in [0.2, 0.25) is 0 Å². The number of halogens is 3. The summed E-state index contributed by atoms with van der Waals surface area (Å²) in [5.41, 5.74) is 7.15. The summed E-state index contributed by atoms with van der Waals surface area (Å²) in [4.78, 5) is 2.37. The van der Waals surface area contributed by atoms with Crippen molar-refractivity contribution < 1.29 is 13.2 Å². The molecule has 0 amide bonds. The predicted molar refractivity (Wildman–Crippen MR) is 114 cm³/mol. The number of hydrogen-bond acceptors (Lipinski definition) is 6. The molecule has 3 heterocycles. The zero-order valence-corrected chi connectivity index (χ0v) is 16.9. The van der Waals surface area contributed by atoms with Gasteiger partial charge in [-0.3, -0.25) is 0 Å². The van der Waals surface area contributed by atoms with Crippen LogP contribution in [0.15, 0.2) is 42.6 Å². The molecule has 0 radical (unpaired) electrons. The van der Waals surface area contributed by atoms with Gasteiger partial charge in [-0.2, -0.15) is 18.3 Å². The van der Waals surface area contributed by atoms with Gasteiger partial charge in [-0.05, 0) is 49.2 Å². The molecule has 2 saturated heterocycles. The largest absolute Gasteiger partial charge is 0.416 e. The molecule has 5 rings (SSSR count). The van der Waals surface area contributed by atoms with Gasteiger partial charge in [0.1, 0.15) is 6.17 Å². The maximum Gasteiger partial charge on any atom is 0.416 e. The number of fused-ring (bicyclic) bond motifs is 2. The average Bonchev–Trinajstić information content (AvgIpc) is 3.08. The number of nitrogens with zero attached hydrogens (tertiary/aromatic N) is 3. The molecular weight excluding hydrogens is 405 g/mol. The number of hydrogen-bond donors (Lipinski definition) is 3. The molecule has 3 atom stereocenters. The highest BCUT2D eigenvalue weighted by molar-refractivity contribution is 5.93. The van der Waals surface area contributed by atoms with E-state index in [4.69, 9.17) is 5.73 Å². The topological polar surface area (TPSA) is 79.1 Å². The van der Waals surface area contributed by atoms with E-state index in [1.807, 2.05) is 12.1 Å². The number of anilines is 2. The molecule has 0 bridgehead atoms. The van der Waals surface area contributed by atoms with E-state index in [1.54, 1.807) is 12.3 Å². The highest BCUT2D eigenvalue weighted by atomic mass is 19.4. The van der Waals surface area contributed by atoms with E-state index in [9.17, 15) is 13.2 Å². The number of nitrogens with one attached hydrogen (secondary N) is 2. The van der Waals surface area contributed by atoms with Gasteiger partial charge in [-0.25, -0.2) is 0 Å². The highest BCUT2D eigenvalue weighted by Gasteiger charge is 2.42. The third-order valence-electron chi connectivity index (χ3n) is 6.39. The van der Waals surface area contributed by atoms with Crippen LogP contribution >= 0.6 is 0 Å². The summed E-state index contributed by atoms with van der Waals surface area (Å²) in [6, 6.07) is 11.2. The molecule has 2 aromatic carbocycles. The Balaban J connectivity index is 1.46. The van der Waals surface area contributed by atoms with E-state index >= 15 is 0 Å². The van der Waals surface area contributed by atoms with Crippen molar-refractivity contribution in [1.29, 1.82) is 0 Å². The Labute approximate surface area is 177 Å². The lowest BCUT2D eigenvalue weighted by molar-refractivity contribution is -0.138. The number of nitrogens with two attached hydrogens (primary N) is 1. The molecule has 6 nitrogen and oxygen atoms in total. The van der Waals surface area contributed by atoms with Gasteiger partial charge in [-0.15, -0.1) is 5.10 Å². The third-order valence-corrected chi connectivity index (χ3v) is 6.39.